The predicted octanol–water partition coefficient (Wildman–Crippen LogP) is 3.28. The zero-order valence-electron chi connectivity index (χ0n) is 10.8. The number of hydrogen-bond donors (Lipinski definition) is 0. The van der Waals surface area contributed by atoms with Gasteiger partial charge in [-0.05, 0) is 24.5 Å². The topological polar surface area (TPSA) is 20.3 Å². The molecule has 0 fully saturated rings. The average Bonchev–Trinajstić information content (AvgIpc) is 2.34. The monoisotopic (exact) mass is 251 g/mol. The molecule has 0 N–H and O–H groups in total. The standard InChI is InChI=1S/C14H21NOS/c1-12(2)9-10-15(3)14(16)11-17-13-7-5-4-6-8-13/h4-8,12H,9-11H2,1-3H3. The molecule has 0 unspecified atom stereocenters. The van der Waals surface area contributed by atoms with E-state index < -0.39 is 0 Å². The van der Waals surface area contributed by atoms with E-state index in [0.717, 1.165) is 17.9 Å². The Kier molecular flexibility index (Phi) is 6.12. The van der Waals surface area contributed by atoms with Crippen molar-refractivity contribution in [1.82, 2.24) is 4.90 Å². The van der Waals surface area contributed by atoms with Crippen molar-refractivity contribution in [2.45, 2.75) is 25.2 Å². The third-order valence-corrected chi connectivity index (χ3v) is 3.57. The van der Waals surface area contributed by atoms with Crippen molar-refractivity contribution in [2.75, 3.05) is 19.3 Å². The van der Waals surface area contributed by atoms with Crippen LogP contribution in [0.2, 0.25) is 0 Å². The van der Waals surface area contributed by atoms with E-state index in [4.69, 9.17) is 0 Å². The lowest BCUT2D eigenvalue weighted by Crippen LogP contribution is -2.29. The molecule has 1 aromatic carbocycles. The molecule has 0 atom stereocenters. The van der Waals surface area contributed by atoms with Gasteiger partial charge in [0.25, 0.3) is 0 Å². The van der Waals surface area contributed by atoms with Crippen molar-refractivity contribution in [3.63, 3.8) is 0 Å². The lowest BCUT2D eigenvalue weighted by atomic mass is 10.1. The van der Waals surface area contributed by atoms with Crippen LogP contribution in [-0.4, -0.2) is 30.2 Å². The highest BCUT2D eigenvalue weighted by Gasteiger charge is 2.09. The van der Waals surface area contributed by atoms with Crippen LogP contribution in [-0.2, 0) is 4.79 Å². The fraction of sp³-hybridized carbons (Fsp3) is 0.500. The third kappa shape index (κ3) is 5.78. The van der Waals surface area contributed by atoms with Gasteiger partial charge >= 0.3 is 0 Å². The second-order valence-corrected chi connectivity index (χ2v) is 5.65. The van der Waals surface area contributed by atoms with E-state index in [9.17, 15) is 4.79 Å². The Balaban J connectivity index is 2.29. The van der Waals surface area contributed by atoms with Gasteiger partial charge in [-0.3, -0.25) is 4.79 Å². The lowest BCUT2D eigenvalue weighted by molar-refractivity contribution is -0.127. The number of hydrogen-bond acceptors (Lipinski definition) is 2. The molecule has 1 aromatic rings. The van der Waals surface area contributed by atoms with Gasteiger partial charge in [-0.2, -0.15) is 0 Å². The maximum Gasteiger partial charge on any atom is 0.232 e. The summed E-state index contributed by atoms with van der Waals surface area (Å²) in [5.74, 6) is 1.38. The van der Waals surface area contributed by atoms with E-state index in [1.807, 2.05) is 42.3 Å². The largest absolute Gasteiger partial charge is 0.345 e. The molecule has 2 nitrogen and oxygen atoms in total. The minimum atomic E-state index is 0.208. The highest BCUT2D eigenvalue weighted by Crippen LogP contribution is 2.17. The van der Waals surface area contributed by atoms with Gasteiger partial charge in [-0.25, -0.2) is 0 Å². The van der Waals surface area contributed by atoms with Gasteiger partial charge in [-0.1, -0.05) is 32.0 Å². The fourth-order valence-electron chi connectivity index (χ4n) is 1.35. The van der Waals surface area contributed by atoms with Crippen LogP contribution in [0.1, 0.15) is 20.3 Å². The normalized spacial score (nSPS) is 10.6. The molecule has 3 heteroatoms. The summed E-state index contributed by atoms with van der Waals surface area (Å²) in [4.78, 5) is 14.8. The summed E-state index contributed by atoms with van der Waals surface area (Å²) >= 11 is 1.60. The van der Waals surface area contributed by atoms with Crippen molar-refractivity contribution in [2.24, 2.45) is 5.92 Å². The zero-order chi connectivity index (χ0) is 12.7. The Bertz CT molecular complexity index is 337. The maximum absolute atomic E-state index is 11.8. The Morgan fingerprint density at radius 3 is 2.53 bits per heavy atom. The van der Waals surface area contributed by atoms with E-state index in [-0.39, 0.29) is 5.91 Å². The first-order chi connectivity index (χ1) is 8.09. The predicted molar refractivity (Wildman–Crippen MR) is 74.3 cm³/mol. The minimum absolute atomic E-state index is 0.208. The number of carbonyl (C=O) groups excluding carboxylic acids is 1. The molecule has 0 aliphatic heterocycles. The Morgan fingerprint density at radius 2 is 1.94 bits per heavy atom. The van der Waals surface area contributed by atoms with Gasteiger partial charge in [0.1, 0.15) is 0 Å². The summed E-state index contributed by atoms with van der Waals surface area (Å²) in [7, 11) is 1.89. The van der Waals surface area contributed by atoms with Gasteiger partial charge in [0.2, 0.25) is 5.91 Å². The van der Waals surface area contributed by atoms with Crippen LogP contribution in [0.5, 0.6) is 0 Å². The first-order valence-electron chi connectivity index (χ1n) is 6.01. The van der Waals surface area contributed by atoms with Gasteiger partial charge < -0.3 is 4.90 Å². The summed E-state index contributed by atoms with van der Waals surface area (Å²) in [6.45, 7) is 5.21. The molecule has 0 radical (unpaired) electrons. The van der Waals surface area contributed by atoms with Crippen molar-refractivity contribution in [3.05, 3.63) is 30.3 Å². The van der Waals surface area contributed by atoms with Crippen LogP contribution in [0, 0.1) is 5.92 Å². The third-order valence-electron chi connectivity index (χ3n) is 2.57. The van der Waals surface area contributed by atoms with Crippen molar-refractivity contribution >= 4 is 17.7 Å². The molecule has 0 saturated carbocycles. The van der Waals surface area contributed by atoms with Crippen LogP contribution < -0.4 is 0 Å². The van der Waals surface area contributed by atoms with Crippen molar-refractivity contribution in [3.8, 4) is 0 Å². The summed E-state index contributed by atoms with van der Waals surface area (Å²) in [5, 5.41) is 0. The summed E-state index contributed by atoms with van der Waals surface area (Å²) in [5.41, 5.74) is 0. The van der Waals surface area contributed by atoms with Crippen LogP contribution in [0.25, 0.3) is 0 Å². The van der Waals surface area contributed by atoms with E-state index in [1.54, 1.807) is 11.8 Å². The molecule has 0 aromatic heterocycles. The van der Waals surface area contributed by atoms with Crippen LogP contribution in [0.4, 0.5) is 0 Å². The van der Waals surface area contributed by atoms with Crippen molar-refractivity contribution < 1.29 is 4.79 Å². The van der Waals surface area contributed by atoms with Crippen LogP contribution in [0.3, 0.4) is 0 Å². The minimum Gasteiger partial charge on any atom is -0.345 e. The summed E-state index contributed by atoms with van der Waals surface area (Å²) in [6, 6.07) is 10.0. The molecule has 0 aliphatic rings. The quantitative estimate of drug-likeness (QED) is 0.723. The Labute approximate surface area is 108 Å². The molecule has 0 aliphatic carbocycles. The summed E-state index contributed by atoms with van der Waals surface area (Å²) in [6.07, 6.45) is 1.07. The Morgan fingerprint density at radius 1 is 1.29 bits per heavy atom. The maximum atomic E-state index is 11.8. The molecular weight excluding hydrogens is 230 g/mol. The summed E-state index contributed by atoms with van der Waals surface area (Å²) < 4.78 is 0. The first kappa shape index (κ1) is 14.1. The molecule has 0 bridgehead atoms. The molecule has 1 rings (SSSR count). The van der Waals surface area contributed by atoms with Gasteiger partial charge in [0.05, 0.1) is 5.75 Å². The van der Waals surface area contributed by atoms with E-state index >= 15 is 0 Å². The molecule has 94 valence electrons. The number of benzene rings is 1. The highest BCUT2D eigenvalue weighted by atomic mass is 32.2. The molecule has 0 heterocycles. The number of rotatable bonds is 6. The average molecular weight is 251 g/mol. The number of thioether (sulfide) groups is 1. The fourth-order valence-corrected chi connectivity index (χ4v) is 2.21. The second-order valence-electron chi connectivity index (χ2n) is 4.60. The van der Waals surface area contributed by atoms with Crippen molar-refractivity contribution in [1.29, 1.82) is 0 Å². The van der Waals surface area contributed by atoms with E-state index in [1.165, 1.54) is 0 Å². The van der Waals surface area contributed by atoms with Crippen LogP contribution in [0.15, 0.2) is 35.2 Å². The first-order valence-corrected chi connectivity index (χ1v) is 7.00. The molecule has 0 spiro atoms. The van der Waals surface area contributed by atoms with Gasteiger partial charge in [-0.15, -0.1) is 11.8 Å². The van der Waals surface area contributed by atoms with Gasteiger partial charge in [0, 0.05) is 18.5 Å². The van der Waals surface area contributed by atoms with E-state index in [0.29, 0.717) is 11.7 Å². The smallest absolute Gasteiger partial charge is 0.232 e. The molecule has 0 saturated heterocycles. The highest BCUT2D eigenvalue weighted by molar-refractivity contribution is 8.00. The molecular formula is C14H21NOS. The van der Waals surface area contributed by atoms with Gasteiger partial charge in [0.15, 0.2) is 0 Å². The second kappa shape index (κ2) is 7.38. The molecule has 17 heavy (non-hydrogen) atoms. The number of nitrogens with zero attached hydrogens (tertiary/aromatic N) is 1. The van der Waals surface area contributed by atoms with E-state index in [2.05, 4.69) is 13.8 Å². The zero-order valence-corrected chi connectivity index (χ0v) is 11.7. The number of carbonyl (C=O) groups is 1. The molecule has 1 amide bonds. The number of amides is 1. The lowest BCUT2D eigenvalue weighted by Gasteiger charge is -2.18. The Hall–Kier alpha value is -0.960. The van der Waals surface area contributed by atoms with Crippen LogP contribution >= 0.6 is 11.8 Å². The SMILES string of the molecule is CC(C)CCN(C)C(=O)CSc1ccccc1.